The molecule has 7 nitrogen and oxygen atoms in total. The quantitative estimate of drug-likeness (QED) is 0.808. The Morgan fingerprint density at radius 2 is 2.08 bits per heavy atom. The summed E-state index contributed by atoms with van der Waals surface area (Å²) in [4.78, 5) is 30.7. The number of piperidine rings is 1. The zero-order valence-corrected chi connectivity index (χ0v) is 14.6. The van der Waals surface area contributed by atoms with Crippen molar-refractivity contribution >= 4 is 11.9 Å². The normalized spacial score (nSPS) is 22.2. The first-order chi connectivity index (χ1) is 12.1. The summed E-state index contributed by atoms with van der Waals surface area (Å²) >= 11 is 0. The highest BCUT2D eigenvalue weighted by atomic mass is 16.7. The fourth-order valence-corrected chi connectivity index (χ4v) is 3.80. The average molecular weight is 348 g/mol. The number of carbonyl (C=O) groups excluding carboxylic acids is 2. The smallest absolute Gasteiger partial charge is 0.311 e. The van der Waals surface area contributed by atoms with E-state index in [1.807, 2.05) is 24.3 Å². The van der Waals surface area contributed by atoms with Gasteiger partial charge in [0.25, 0.3) is 0 Å². The van der Waals surface area contributed by atoms with Crippen LogP contribution in [0.5, 0.6) is 5.75 Å². The van der Waals surface area contributed by atoms with Crippen molar-refractivity contribution in [1.82, 2.24) is 10.4 Å². The van der Waals surface area contributed by atoms with E-state index >= 15 is 0 Å². The molecule has 3 rings (SSSR count). The van der Waals surface area contributed by atoms with Crippen LogP contribution >= 0.6 is 0 Å². The first kappa shape index (κ1) is 17.7. The third-order valence-electron chi connectivity index (χ3n) is 5.11. The molecule has 1 amide bonds. The number of carbonyl (C=O) groups is 2. The van der Waals surface area contributed by atoms with Gasteiger partial charge in [0.05, 0.1) is 25.7 Å². The summed E-state index contributed by atoms with van der Waals surface area (Å²) in [7, 11) is 2.97. The number of methoxy groups -OCH3 is 2. The van der Waals surface area contributed by atoms with Crippen LogP contribution in [0.3, 0.4) is 0 Å². The Morgan fingerprint density at radius 3 is 2.76 bits per heavy atom. The van der Waals surface area contributed by atoms with Crippen molar-refractivity contribution in [3.8, 4) is 5.75 Å². The SMILES string of the molecule is COC(=O)C1CC(=O)N(OCc2cccc(OC)c2)C12CCNCC2. The van der Waals surface area contributed by atoms with Gasteiger partial charge >= 0.3 is 5.97 Å². The predicted octanol–water partition coefficient (Wildman–Crippen LogP) is 1.27. The molecule has 1 spiro atoms. The standard InChI is InChI=1S/C18H24N2O5/c1-23-14-5-3-4-13(10-14)12-25-20-16(21)11-15(17(22)24-2)18(20)6-8-19-9-7-18/h3-5,10,15,19H,6-9,11-12H2,1-2H3. The number of hydrogen-bond donors (Lipinski definition) is 1. The Bertz CT molecular complexity index is 642. The number of esters is 1. The second-order valence-corrected chi connectivity index (χ2v) is 6.45. The van der Waals surface area contributed by atoms with Crippen LogP contribution in [0.1, 0.15) is 24.8 Å². The summed E-state index contributed by atoms with van der Waals surface area (Å²) in [6.45, 7) is 1.71. The van der Waals surface area contributed by atoms with E-state index in [-0.39, 0.29) is 24.9 Å². The zero-order valence-electron chi connectivity index (χ0n) is 14.6. The van der Waals surface area contributed by atoms with Crippen molar-refractivity contribution in [2.75, 3.05) is 27.3 Å². The number of nitrogens with one attached hydrogen (secondary N) is 1. The molecule has 2 aliphatic heterocycles. The number of rotatable bonds is 5. The fourth-order valence-electron chi connectivity index (χ4n) is 3.80. The molecule has 1 N–H and O–H groups in total. The summed E-state index contributed by atoms with van der Waals surface area (Å²) in [5, 5.41) is 4.71. The molecular weight excluding hydrogens is 324 g/mol. The summed E-state index contributed by atoms with van der Waals surface area (Å²) < 4.78 is 10.2. The van der Waals surface area contributed by atoms with E-state index in [1.165, 1.54) is 12.2 Å². The zero-order chi connectivity index (χ0) is 17.9. The molecule has 136 valence electrons. The van der Waals surface area contributed by atoms with Gasteiger partial charge in [0.15, 0.2) is 0 Å². The van der Waals surface area contributed by atoms with Crippen molar-refractivity contribution in [2.45, 2.75) is 31.4 Å². The second kappa shape index (κ2) is 7.41. The molecule has 0 radical (unpaired) electrons. The Kier molecular flexibility index (Phi) is 5.24. The van der Waals surface area contributed by atoms with Crippen LogP contribution in [0, 0.1) is 5.92 Å². The van der Waals surface area contributed by atoms with E-state index in [0.29, 0.717) is 12.8 Å². The lowest BCUT2D eigenvalue weighted by Crippen LogP contribution is -2.56. The van der Waals surface area contributed by atoms with Gasteiger partial charge in [0.1, 0.15) is 12.4 Å². The van der Waals surface area contributed by atoms with Gasteiger partial charge in [-0.3, -0.25) is 14.4 Å². The highest BCUT2D eigenvalue weighted by Crippen LogP contribution is 2.43. The highest BCUT2D eigenvalue weighted by molar-refractivity contribution is 5.88. The molecule has 0 saturated carbocycles. The van der Waals surface area contributed by atoms with Gasteiger partial charge in [-0.05, 0) is 43.6 Å². The fraction of sp³-hybridized carbons (Fsp3) is 0.556. The number of nitrogens with zero attached hydrogens (tertiary/aromatic N) is 1. The van der Waals surface area contributed by atoms with Gasteiger partial charge in [-0.1, -0.05) is 12.1 Å². The topological polar surface area (TPSA) is 77.1 Å². The van der Waals surface area contributed by atoms with Crippen LogP contribution in [0.4, 0.5) is 0 Å². The molecule has 2 heterocycles. The third kappa shape index (κ3) is 3.34. The van der Waals surface area contributed by atoms with Crippen molar-refractivity contribution < 1.29 is 23.9 Å². The maximum atomic E-state index is 12.6. The lowest BCUT2D eigenvalue weighted by Gasteiger charge is -2.42. The summed E-state index contributed by atoms with van der Waals surface area (Å²) in [6, 6.07) is 7.51. The molecule has 1 unspecified atom stereocenters. The Hall–Kier alpha value is -2.12. The largest absolute Gasteiger partial charge is 0.497 e. The highest BCUT2D eigenvalue weighted by Gasteiger charge is 2.57. The van der Waals surface area contributed by atoms with Crippen LogP contribution in [-0.4, -0.2) is 49.8 Å². The minimum Gasteiger partial charge on any atom is -0.497 e. The van der Waals surface area contributed by atoms with E-state index in [9.17, 15) is 9.59 Å². The molecule has 1 aromatic carbocycles. The molecule has 0 aliphatic carbocycles. The van der Waals surface area contributed by atoms with E-state index in [2.05, 4.69) is 5.32 Å². The molecule has 2 fully saturated rings. The number of hydroxylamine groups is 2. The molecular formula is C18H24N2O5. The van der Waals surface area contributed by atoms with Gasteiger partial charge in [0, 0.05) is 6.42 Å². The van der Waals surface area contributed by atoms with Crippen LogP contribution in [-0.2, 0) is 25.8 Å². The summed E-state index contributed by atoms with van der Waals surface area (Å²) in [5.74, 6) is -0.266. The van der Waals surface area contributed by atoms with Crippen LogP contribution < -0.4 is 10.1 Å². The van der Waals surface area contributed by atoms with Crippen LogP contribution in [0.25, 0.3) is 0 Å². The minimum atomic E-state index is -0.631. The summed E-state index contributed by atoms with van der Waals surface area (Å²) in [6.07, 6.45) is 1.46. The molecule has 2 aliphatic rings. The van der Waals surface area contributed by atoms with Gasteiger partial charge in [-0.15, -0.1) is 0 Å². The van der Waals surface area contributed by atoms with Gasteiger partial charge in [-0.25, -0.2) is 5.06 Å². The number of benzene rings is 1. The van der Waals surface area contributed by atoms with Gasteiger partial charge in [0.2, 0.25) is 5.91 Å². The van der Waals surface area contributed by atoms with E-state index in [4.69, 9.17) is 14.3 Å². The molecule has 1 aromatic rings. The van der Waals surface area contributed by atoms with Crippen molar-refractivity contribution in [2.24, 2.45) is 5.92 Å². The Labute approximate surface area is 147 Å². The van der Waals surface area contributed by atoms with E-state index in [0.717, 1.165) is 24.4 Å². The van der Waals surface area contributed by atoms with Crippen LogP contribution in [0.2, 0.25) is 0 Å². The van der Waals surface area contributed by atoms with Crippen LogP contribution in [0.15, 0.2) is 24.3 Å². The predicted molar refractivity (Wildman–Crippen MR) is 89.6 cm³/mol. The summed E-state index contributed by atoms with van der Waals surface area (Å²) in [5.41, 5.74) is 0.270. The maximum absolute atomic E-state index is 12.6. The number of ether oxygens (including phenoxy) is 2. The van der Waals surface area contributed by atoms with Gasteiger partial charge < -0.3 is 14.8 Å². The first-order valence-corrected chi connectivity index (χ1v) is 8.48. The average Bonchev–Trinajstić information content (AvgIpc) is 2.91. The van der Waals surface area contributed by atoms with E-state index < -0.39 is 11.5 Å². The molecule has 25 heavy (non-hydrogen) atoms. The third-order valence-corrected chi connectivity index (χ3v) is 5.11. The number of hydrogen-bond acceptors (Lipinski definition) is 6. The Balaban J connectivity index is 1.80. The molecule has 0 bridgehead atoms. The van der Waals surface area contributed by atoms with Crippen molar-refractivity contribution in [1.29, 1.82) is 0 Å². The molecule has 7 heteroatoms. The monoisotopic (exact) mass is 348 g/mol. The Morgan fingerprint density at radius 1 is 1.32 bits per heavy atom. The molecule has 0 aromatic heterocycles. The van der Waals surface area contributed by atoms with Gasteiger partial charge in [-0.2, -0.15) is 0 Å². The molecule has 1 atom stereocenters. The van der Waals surface area contributed by atoms with E-state index in [1.54, 1.807) is 7.11 Å². The molecule has 2 saturated heterocycles. The lowest BCUT2D eigenvalue weighted by atomic mass is 9.78. The van der Waals surface area contributed by atoms with Crippen molar-refractivity contribution in [3.63, 3.8) is 0 Å². The number of amides is 1. The maximum Gasteiger partial charge on any atom is 0.311 e. The second-order valence-electron chi connectivity index (χ2n) is 6.45. The lowest BCUT2D eigenvalue weighted by molar-refractivity contribution is -0.226. The minimum absolute atomic E-state index is 0.130. The first-order valence-electron chi connectivity index (χ1n) is 8.48. The van der Waals surface area contributed by atoms with Crippen molar-refractivity contribution in [3.05, 3.63) is 29.8 Å².